The predicted molar refractivity (Wildman–Crippen MR) is 76.5 cm³/mol. The summed E-state index contributed by atoms with van der Waals surface area (Å²) in [5.41, 5.74) is 1.16. The topological polar surface area (TPSA) is 44.7 Å². The molecule has 1 fully saturated rings. The first kappa shape index (κ1) is 14.3. The summed E-state index contributed by atoms with van der Waals surface area (Å²) in [6, 6.07) is 8.18. The van der Waals surface area contributed by atoms with Gasteiger partial charge in [-0.25, -0.2) is 0 Å². The van der Waals surface area contributed by atoms with E-state index in [0.717, 1.165) is 43.9 Å². The van der Waals surface area contributed by atoms with Crippen molar-refractivity contribution in [1.82, 2.24) is 10.2 Å². The number of hydrogen-bond acceptors (Lipinski definition) is 4. The number of benzene rings is 1. The van der Waals surface area contributed by atoms with Gasteiger partial charge in [-0.3, -0.25) is 4.90 Å². The van der Waals surface area contributed by atoms with E-state index in [9.17, 15) is 5.11 Å². The Kier molecular flexibility index (Phi) is 5.63. The van der Waals surface area contributed by atoms with Crippen LogP contribution in [0.4, 0.5) is 0 Å². The van der Waals surface area contributed by atoms with Crippen molar-refractivity contribution in [3.8, 4) is 5.75 Å². The highest BCUT2D eigenvalue weighted by atomic mass is 16.5. The molecule has 2 N–H and O–H groups in total. The lowest BCUT2D eigenvalue weighted by atomic mass is 10.1. The SMILES string of the molecule is CCOc1ccc(C(CO)N2CCCNCC2)cc1. The average molecular weight is 264 g/mol. The first-order chi connectivity index (χ1) is 9.35. The largest absolute Gasteiger partial charge is 0.494 e. The Labute approximate surface area is 115 Å². The second-order valence-electron chi connectivity index (χ2n) is 4.84. The molecular formula is C15H24N2O2. The van der Waals surface area contributed by atoms with Crippen LogP contribution in [0.5, 0.6) is 5.75 Å². The highest BCUT2D eigenvalue weighted by Crippen LogP contribution is 2.23. The van der Waals surface area contributed by atoms with E-state index in [1.54, 1.807) is 0 Å². The van der Waals surface area contributed by atoms with E-state index < -0.39 is 0 Å². The molecular weight excluding hydrogens is 240 g/mol. The van der Waals surface area contributed by atoms with Crippen molar-refractivity contribution >= 4 is 0 Å². The van der Waals surface area contributed by atoms with Crippen LogP contribution in [-0.4, -0.2) is 49.4 Å². The molecule has 1 aliphatic heterocycles. The van der Waals surface area contributed by atoms with Crippen molar-refractivity contribution in [2.24, 2.45) is 0 Å². The molecule has 1 aliphatic rings. The maximum Gasteiger partial charge on any atom is 0.119 e. The van der Waals surface area contributed by atoms with Crippen LogP contribution in [-0.2, 0) is 0 Å². The Morgan fingerprint density at radius 1 is 1.26 bits per heavy atom. The molecule has 1 atom stereocenters. The van der Waals surface area contributed by atoms with Gasteiger partial charge in [-0.2, -0.15) is 0 Å². The second kappa shape index (κ2) is 7.48. The molecule has 0 spiro atoms. The summed E-state index contributed by atoms with van der Waals surface area (Å²) in [6.45, 7) is 6.90. The highest BCUT2D eigenvalue weighted by Gasteiger charge is 2.20. The molecule has 0 bridgehead atoms. The summed E-state index contributed by atoms with van der Waals surface area (Å²) < 4.78 is 5.45. The number of rotatable bonds is 5. The Hall–Kier alpha value is -1.10. The number of aliphatic hydroxyl groups excluding tert-OH is 1. The van der Waals surface area contributed by atoms with Crippen molar-refractivity contribution < 1.29 is 9.84 Å². The third kappa shape index (κ3) is 3.93. The van der Waals surface area contributed by atoms with E-state index in [1.807, 2.05) is 19.1 Å². The van der Waals surface area contributed by atoms with E-state index in [-0.39, 0.29) is 12.6 Å². The third-order valence-corrected chi connectivity index (χ3v) is 3.56. The van der Waals surface area contributed by atoms with E-state index in [0.29, 0.717) is 6.61 Å². The molecule has 106 valence electrons. The molecule has 0 radical (unpaired) electrons. The van der Waals surface area contributed by atoms with E-state index in [4.69, 9.17) is 4.74 Å². The molecule has 1 aromatic rings. The molecule has 2 rings (SSSR count). The molecule has 19 heavy (non-hydrogen) atoms. The zero-order valence-electron chi connectivity index (χ0n) is 11.6. The van der Waals surface area contributed by atoms with Gasteiger partial charge in [0, 0.05) is 19.6 Å². The molecule has 0 saturated carbocycles. The van der Waals surface area contributed by atoms with Crippen LogP contribution < -0.4 is 10.1 Å². The summed E-state index contributed by atoms with van der Waals surface area (Å²) in [4.78, 5) is 2.36. The summed E-state index contributed by atoms with van der Waals surface area (Å²) in [5.74, 6) is 0.889. The minimum Gasteiger partial charge on any atom is -0.494 e. The van der Waals surface area contributed by atoms with Gasteiger partial charge >= 0.3 is 0 Å². The van der Waals surface area contributed by atoms with Crippen LogP contribution in [0.2, 0.25) is 0 Å². The predicted octanol–water partition coefficient (Wildman–Crippen LogP) is 1.41. The van der Waals surface area contributed by atoms with Gasteiger partial charge in [0.1, 0.15) is 5.75 Å². The smallest absolute Gasteiger partial charge is 0.119 e. The highest BCUT2D eigenvalue weighted by molar-refractivity contribution is 5.29. The Morgan fingerprint density at radius 2 is 2.05 bits per heavy atom. The first-order valence-electron chi connectivity index (χ1n) is 7.13. The van der Waals surface area contributed by atoms with Gasteiger partial charge in [-0.1, -0.05) is 12.1 Å². The molecule has 1 saturated heterocycles. The van der Waals surface area contributed by atoms with Crippen LogP contribution in [0.3, 0.4) is 0 Å². The fourth-order valence-corrected chi connectivity index (χ4v) is 2.56. The van der Waals surface area contributed by atoms with E-state index in [2.05, 4.69) is 22.3 Å². The van der Waals surface area contributed by atoms with E-state index >= 15 is 0 Å². The third-order valence-electron chi connectivity index (χ3n) is 3.56. The number of aliphatic hydroxyl groups is 1. The summed E-state index contributed by atoms with van der Waals surface area (Å²) >= 11 is 0. The molecule has 0 aromatic heterocycles. The Balaban J connectivity index is 2.06. The lowest BCUT2D eigenvalue weighted by Gasteiger charge is -2.29. The number of hydrogen-bond donors (Lipinski definition) is 2. The molecule has 1 heterocycles. The Bertz CT molecular complexity index is 359. The normalized spacial score (nSPS) is 18.8. The quantitative estimate of drug-likeness (QED) is 0.844. The van der Waals surface area contributed by atoms with E-state index in [1.165, 1.54) is 0 Å². The van der Waals surface area contributed by atoms with Crippen LogP contribution in [0.1, 0.15) is 24.9 Å². The molecule has 4 heteroatoms. The van der Waals surface area contributed by atoms with Gasteiger partial charge in [0.25, 0.3) is 0 Å². The fourth-order valence-electron chi connectivity index (χ4n) is 2.56. The number of nitrogens with zero attached hydrogens (tertiary/aromatic N) is 1. The van der Waals surface area contributed by atoms with Crippen molar-refractivity contribution in [1.29, 1.82) is 0 Å². The monoisotopic (exact) mass is 264 g/mol. The average Bonchev–Trinajstić information content (AvgIpc) is 2.71. The number of ether oxygens (including phenoxy) is 1. The van der Waals surface area contributed by atoms with Crippen molar-refractivity contribution in [2.75, 3.05) is 39.4 Å². The maximum absolute atomic E-state index is 9.70. The Morgan fingerprint density at radius 3 is 2.74 bits per heavy atom. The molecule has 0 aliphatic carbocycles. The van der Waals surface area contributed by atoms with Gasteiger partial charge in [0.05, 0.1) is 19.3 Å². The zero-order chi connectivity index (χ0) is 13.5. The molecule has 0 amide bonds. The summed E-state index contributed by atoms with van der Waals surface area (Å²) in [6.07, 6.45) is 1.13. The van der Waals surface area contributed by atoms with Gasteiger partial charge in [0.2, 0.25) is 0 Å². The van der Waals surface area contributed by atoms with Crippen molar-refractivity contribution in [2.45, 2.75) is 19.4 Å². The minimum absolute atomic E-state index is 0.0931. The molecule has 1 unspecified atom stereocenters. The second-order valence-corrected chi connectivity index (χ2v) is 4.84. The van der Waals surface area contributed by atoms with Crippen LogP contribution in [0.25, 0.3) is 0 Å². The standard InChI is InChI=1S/C15H24N2O2/c1-2-19-14-6-4-13(5-7-14)15(12-18)17-10-3-8-16-9-11-17/h4-7,15-16,18H,2-3,8-12H2,1H3. The molecule has 4 nitrogen and oxygen atoms in total. The lowest BCUT2D eigenvalue weighted by Crippen LogP contribution is -2.34. The minimum atomic E-state index is 0.0931. The first-order valence-corrected chi connectivity index (χ1v) is 7.13. The summed E-state index contributed by atoms with van der Waals surface area (Å²) in [7, 11) is 0. The van der Waals surface area contributed by atoms with Gasteiger partial charge in [-0.15, -0.1) is 0 Å². The van der Waals surface area contributed by atoms with Gasteiger partial charge in [-0.05, 0) is 37.6 Å². The van der Waals surface area contributed by atoms with Gasteiger partial charge in [0.15, 0.2) is 0 Å². The van der Waals surface area contributed by atoms with Crippen LogP contribution >= 0.6 is 0 Å². The lowest BCUT2D eigenvalue weighted by molar-refractivity contribution is 0.130. The van der Waals surface area contributed by atoms with Crippen LogP contribution in [0.15, 0.2) is 24.3 Å². The fraction of sp³-hybridized carbons (Fsp3) is 0.600. The maximum atomic E-state index is 9.70. The van der Waals surface area contributed by atoms with Crippen molar-refractivity contribution in [3.63, 3.8) is 0 Å². The number of nitrogens with one attached hydrogen (secondary N) is 1. The molecule has 1 aromatic carbocycles. The van der Waals surface area contributed by atoms with Gasteiger partial charge < -0.3 is 15.2 Å². The van der Waals surface area contributed by atoms with Crippen molar-refractivity contribution in [3.05, 3.63) is 29.8 Å². The summed E-state index contributed by atoms with van der Waals surface area (Å²) in [5, 5.41) is 13.1. The van der Waals surface area contributed by atoms with Crippen LogP contribution in [0, 0.1) is 0 Å². The zero-order valence-corrected chi connectivity index (χ0v) is 11.6.